The predicted octanol–water partition coefficient (Wildman–Crippen LogP) is 7.46. The lowest BCUT2D eigenvalue weighted by molar-refractivity contribution is 0.290. The SMILES string of the molecule is C=C/C=C(\C(=C(C)C)/C(=C\C)c1cncc(C)c1)C1CCCC(CC)C1. The molecule has 1 fully saturated rings. The second-order valence-electron chi connectivity index (χ2n) is 7.82. The van der Waals surface area contributed by atoms with E-state index in [1.165, 1.54) is 65.5 Å². The summed E-state index contributed by atoms with van der Waals surface area (Å²) in [5.41, 5.74) is 7.93. The van der Waals surface area contributed by atoms with Crippen molar-refractivity contribution in [1.82, 2.24) is 4.98 Å². The zero-order chi connectivity index (χ0) is 19.1. The molecular formula is C25H35N. The second kappa shape index (κ2) is 9.71. The molecule has 1 aliphatic rings. The van der Waals surface area contributed by atoms with E-state index in [0.29, 0.717) is 5.92 Å². The minimum absolute atomic E-state index is 0.629. The summed E-state index contributed by atoms with van der Waals surface area (Å²) in [5.74, 6) is 1.49. The lowest BCUT2D eigenvalue weighted by Crippen LogP contribution is -2.18. The molecular weight excluding hydrogens is 314 g/mol. The molecule has 0 radical (unpaired) electrons. The number of hydrogen-bond acceptors (Lipinski definition) is 1. The number of aromatic nitrogens is 1. The molecule has 0 aromatic carbocycles. The molecule has 0 N–H and O–H groups in total. The summed E-state index contributed by atoms with van der Waals surface area (Å²) in [7, 11) is 0. The summed E-state index contributed by atoms with van der Waals surface area (Å²) < 4.78 is 0. The standard InChI is InChI=1S/C25H35N/c1-7-11-24(21-13-10-12-20(8-2)15-21)25(18(4)5)23(9-3)22-14-19(6)16-26-17-22/h7,9,11,14,16-17,20-21H,1,8,10,12-13,15H2,2-6H3/b23-9-,24-11-. The Morgan fingerprint density at radius 3 is 2.62 bits per heavy atom. The van der Waals surface area contributed by atoms with Crippen LogP contribution in [0.2, 0.25) is 0 Å². The van der Waals surface area contributed by atoms with Gasteiger partial charge in [0.1, 0.15) is 0 Å². The van der Waals surface area contributed by atoms with Crippen molar-refractivity contribution in [2.24, 2.45) is 11.8 Å². The van der Waals surface area contributed by atoms with Crippen LogP contribution in [0.1, 0.15) is 70.9 Å². The predicted molar refractivity (Wildman–Crippen MR) is 115 cm³/mol. The summed E-state index contributed by atoms with van der Waals surface area (Å²) in [6.45, 7) is 15.1. The Morgan fingerprint density at radius 2 is 2.04 bits per heavy atom. The first-order chi connectivity index (χ1) is 12.5. The highest BCUT2D eigenvalue weighted by Crippen LogP contribution is 2.42. The van der Waals surface area contributed by atoms with E-state index >= 15 is 0 Å². The van der Waals surface area contributed by atoms with Crippen LogP contribution in [0.15, 0.2) is 60.0 Å². The van der Waals surface area contributed by atoms with Crippen molar-refractivity contribution in [2.45, 2.75) is 66.7 Å². The molecule has 1 nitrogen and oxygen atoms in total. The number of rotatable bonds is 6. The van der Waals surface area contributed by atoms with E-state index in [2.05, 4.69) is 64.4 Å². The van der Waals surface area contributed by atoms with Gasteiger partial charge in [0.25, 0.3) is 0 Å². The van der Waals surface area contributed by atoms with Crippen LogP contribution in [-0.4, -0.2) is 4.98 Å². The molecule has 1 aliphatic carbocycles. The first kappa shape index (κ1) is 20.4. The van der Waals surface area contributed by atoms with Gasteiger partial charge in [-0.3, -0.25) is 4.98 Å². The number of hydrogen-bond donors (Lipinski definition) is 0. The van der Waals surface area contributed by atoms with Crippen LogP contribution in [0, 0.1) is 18.8 Å². The number of aryl methyl sites for hydroxylation is 1. The van der Waals surface area contributed by atoms with Crippen LogP contribution in [0.25, 0.3) is 5.57 Å². The summed E-state index contributed by atoms with van der Waals surface area (Å²) >= 11 is 0. The van der Waals surface area contributed by atoms with Gasteiger partial charge >= 0.3 is 0 Å². The Hall–Kier alpha value is -1.89. The quantitative estimate of drug-likeness (QED) is 0.486. The minimum Gasteiger partial charge on any atom is -0.264 e. The van der Waals surface area contributed by atoms with Crippen LogP contribution in [-0.2, 0) is 0 Å². The zero-order valence-corrected chi connectivity index (χ0v) is 17.3. The van der Waals surface area contributed by atoms with Gasteiger partial charge in [-0.05, 0) is 80.7 Å². The molecule has 0 spiro atoms. The first-order valence-corrected chi connectivity index (χ1v) is 10.1. The third kappa shape index (κ3) is 4.84. The Morgan fingerprint density at radius 1 is 1.27 bits per heavy atom. The van der Waals surface area contributed by atoms with E-state index in [9.17, 15) is 0 Å². The largest absolute Gasteiger partial charge is 0.264 e. The van der Waals surface area contributed by atoms with Gasteiger partial charge in [-0.25, -0.2) is 0 Å². The Kier molecular flexibility index (Phi) is 7.63. The van der Waals surface area contributed by atoms with E-state index in [1.807, 2.05) is 18.5 Å². The van der Waals surface area contributed by atoms with Crippen molar-refractivity contribution in [3.63, 3.8) is 0 Å². The maximum Gasteiger partial charge on any atom is 0.0346 e. The van der Waals surface area contributed by atoms with Gasteiger partial charge < -0.3 is 0 Å². The minimum atomic E-state index is 0.629. The zero-order valence-electron chi connectivity index (χ0n) is 17.3. The normalized spacial score (nSPS) is 21.4. The average molecular weight is 350 g/mol. The summed E-state index contributed by atoms with van der Waals surface area (Å²) in [5, 5.41) is 0. The van der Waals surface area contributed by atoms with Crippen molar-refractivity contribution < 1.29 is 0 Å². The highest BCUT2D eigenvalue weighted by atomic mass is 14.6. The van der Waals surface area contributed by atoms with Gasteiger partial charge in [-0.2, -0.15) is 0 Å². The van der Waals surface area contributed by atoms with Crippen molar-refractivity contribution in [3.8, 4) is 0 Å². The second-order valence-corrected chi connectivity index (χ2v) is 7.82. The van der Waals surface area contributed by atoms with Gasteiger partial charge in [0.15, 0.2) is 0 Å². The fourth-order valence-corrected chi connectivity index (χ4v) is 4.37. The Bertz CT molecular complexity index is 713. The van der Waals surface area contributed by atoms with Gasteiger partial charge in [-0.1, -0.05) is 56.6 Å². The molecule has 0 amide bonds. The van der Waals surface area contributed by atoms with Crippen LogP contribution >= 0.6 is 0 Å². The number of pyridine rings is 1. The molecule has 1 heteroatoms. The molecule has 0 bridgehead atoms. The molecule has 2 unspecified atom stereocenters. The molecule has 1 heterocycles. The van der Waals surface area contributed by atoms with Crippen molar-refractivity contribution in [1.29, 1.82) is 0 Å². The van der Waals surface area contributed by atoms with Crippen LogP contribution in [0.4, 0.5) is 0 Å². The monoisotopic (exact) mass is 349 g/mol. The lowest BCUT2D eigenvalue weighted by Gasteiger charge is -2.32. The van der Waals surface area contributed by atoms with Crippen molar-refractivity contribution in [2.75, 3.05) is 0 Å². The summed E-state index contributed by atoms with van der Waals surface area (Å²) in [6, 6.07) is 2.24. The molecule has 1 aromatic heterocycles. The highest BCUT2D eigenvalue weighted by molar-refractivity contribution is 5.84. The van der Waals surface area contributed by atoms with Crippen molar-refractivity contribution in [3.05, 3.63) is 71.1 Å². The van der Waals surface area contributed by atoms with E-state index < -0.39 is 0 Å². The molecule has 1 saturated carbocycles. The van der Waals surface area contributed by atoms with Gasteiger partial charge in [0, 0.05) is 18.0 Å². The van der Waals surface area contributed by atoms with Gasteiger partial charge in [0.2, 0.25) is 0 Å². The first-order valence-electron chi connectivity index (χ1n) is 10.1. The molecule has 140 valence electrons. The summed E-state index contributed by atoms with van der Waals surface area (Å²) in [6.07, 6.45) is 17.0. The maximum atomic E-state index is 4.43. The third-order valence-corrected chi connectivity index (χ3v) is 5.63. The molecule has 0 aliphatic heterocycles. The van der Waals surface area contributed by atoms with E-state index in [-0.39, 0.29) is 0 Å². The van der Waals surface area contributed by atoms with E-state index in [4.69, 9.17) is 0 Å². The number of nitrogens with zero attached hydrogens (tertiary/aromatic N) is 1. The van der Waals surface area contributed by atoms with E-state index in [1.54, 1.807) is 0 Å². The summed E-state index contributed by atoms with van der Waals surface area (Å²) in [4.78, 5) is 4.43. The smallest absolute Gasteiger partial charge is 0.0346 e. The molecule has 2 atom stereocenters. The fourth-order valence-electron chi connectivity index (χ4n) is 4.37. The number of allylic oxidation sites excluding steroid dienone is 7. The van der Waals surface area contributed by atoms with Crippen molar-refractivity contribution >= 4 is 5.57 Å². The fraction of sp³-hybridized carbons (Fsp3) is 0.480. The maximum absolute atomic E-state index is 4.43. The molecule has 1 aromatic rings. The third-order valence-electron chi connectivity index (χ3n) is 5.63. The van der Waals surface area contributed by atoms with Crippen LogP contribution in [0.3, 0.4) is 0 Å². The topological polar surface area (TPSA) is 12.9 Å². The van der Waals surface area contributed by atoms with E-state index in [0.717, 1.165) is 5.92 Å². The molecule has 26 heavy (non-hydrogen) atoms. The molecule has 0 saturated heterocycles. The molecule has 2 rings (SSSR count). The highest BCUT2D eigenvalue weighted by Gasteiger charge is 2.27. The van der Waals surface area contributed by atoms with Gasteiger partial charge in [-0.15, -0.1) is 0 Å². The Balaban J connectivity index is 2.50. The lowest BCUT2D eigenvalue weighted by atomic mass is 9.72. The Labute approximate surface area is 160 Å². The van der Waals surface area contributed by atoms with Crippen LogP contribution in [0.5, 0.6) is 0 Å². The van der Waals surface area contributed by atoms with Crippen LogP contribution < -0.4 is 0 Å². The van der Waals surface area contributed by atoms with Gasteiger partial charge in [0.05, 0.1) is 0 Å². The average Bonchev–Trinajstić information content (AvgIpc) is 2.64.